The molecule has 20 heavy (non-hydrogen) atoms. The Hall–Kier alpha value is -0.840. The summed E-state index contributed by atoms with van der Waals surface area (Å²) in [7, 11) is 0. The molecule has 2 aliphatic heterocycles. The van der Waals surface area contributed by atoms with Crippen LogP contribution in [-0.4, -0.2) is 43.7 Å². The summed E-state index contributed by atoms with van der Waals surface area (Å²) in [5.74, 6) is 1.35. The van der Waals surface area contributed by atoms with E-state index in [0.29, 0.717) is 6.61 Å². The monoisotopic (exact) mass is 300 g/mol. The van der Waals surface area contributed by atoms with Gasteiger partial charge in [-0.05, 0) is 56.1 Å². The molecule has 2 saturated heterocycles. The van der Waals surface area contributed by atoms with Gasteiger partial charge in [-0.3, -0.25) is 4.90 Å². The van der Waals surface area contributed by atoms with E-state index in [1.807, 2.05) is 0 Å². The largest absolute Gasteiger partial charge is 0.492 e. The highest BCUT2D eigenvalue weighted by atomic mass is 35.5. The Kier molecular flexibility index (Phi) is 5.64. The van der Waals surface area contributed by atoms with E-state index in [1.54, 1.807) is 12.1 Å². The van der Waals surface area contributed by atoms with Gasteiger partial charge in [0.05, 0.1) is 0 Å². The van der Waals surface area contributed by atoms with Crippen LogP contribution >= 0.6 is 12.4 Å². The smallest absolute Gasteiger partial charge is 0.123 e. The molecule has 112 valence electrons. The second kappa shape index (κ2) is 7.25. The van der Waals surface area contributed by atoms with E-state index < -0.39 is 0 Å². The van der Waals surface area contributed by atoms with Gasteiger partial charge in [-0.2, -0.15) is 0 Å². The van der Waals surface area contributed by atoms with Crippen molar-refractivity contribution < 1.29 is 9.13 Å². The second-order valence-electron chi connectivity index (χ2n) is 5.50. The van der Waals surface area contributed by atoms with Gasteiger partial charge in [0.1, 0.15) is 18.2 Å². The van der Waals surface area contributed by atoms with Crippen molar-refractivity contribution in [3.8, 4) is 5.75 Å². The summed E-state index contributed by atoms with van der Waals surface area (Å²) in [5, 5.41) is 3.57. The molecule has 2 atom stereocenters. The maximum atomic E-state index is 12.8. The Morgan fingerprint density at radius 2 is 2.05 bits per heavy atom. The number of piperidine rings is 1. The van der Waals surface area contributed by atoms with Crippen LogP contribution in [0.5, 0.6) is 5.75 Å². The standard InChI is InChI=1S/C15H21FN2O.ClH/c16-13-1-3-14(4-2-13)19-10-9-18-8-6-15-12(11-18)5-7-17-15;/h1-4,12,15,17H,5-11H2;1H. The van der Waals surface area contributed by atoms with Gasteiger partial charge in [0.15, 0.2) is 0 Å². The van der Waals surface area contributed by atoms with E-state index >= 15 is 0 Å². The van der Waals surface area contributed by atoms with Gasteiger partial charge in [-0.1, -0.05) is 0 Å². The van der Waals surface area contributed by atoms with E-state index in [1.165, 1.54) is 38.1 Å². The first kappa shape index (κ1) is 15.5. The molecule has 5 heteroatoms. The number of halogens is 2. The summed E-state index contributed by atoms with van der Waals surface area (Å²) >= 11 is 0. The molecule has 3 rings (SSSR count). The van der Waals surface area contributed by atoms with Crippen LogP contribution in [0.1, 0.15) is 12.8 Å². The summed E-state index contributed by atoms with van der Waals surface area (Å²) < 4.78 is 18.4. The molecule has 2 fully saturated rings. The zero-order valence-corrected chi connectivity index (χ0v) is 12.4. The van der Waals surface area contributed by atoms with Crippen LogP contribution in [0.2, 0.25) is 0 Å². The molecule has 0 aliphatic carbocycles. The lowest BCUT2D eigenvalue weighted by Crippen LogP contribution is -2.45. The van der Waals surface area contributed by atoms with E-state index in [4.69, 9.17) is 4.74 Å². The molecule has 2 aliphatic rings. The van der Waals surface area contributed by atoms with Crippen molar-refractivity contribution in [3.05, 3.63) is 30.1 Å². The van der Waals surface area contributed by atoms with Crippen molar-refractivity contribution in [3.63, 3.8) is 0 Å². The number of nitrogens with one attached hydrogen (secondary N) is 1. The fourth-order valence-electron chi connectivity index (χ4n) is 3.15. The summed E-state index contributed by atoms with van der Waals surface area (Å²) in [4.78, 5) is 2.48. The number of benzene rings is 1. The number of ether oxygens (including phenoxy) is 1. The molecule has 1 aromatic carbocycles. The molecule has 0 amide bonds. The molecule has 1 N–H and O–H groups in total. The quantitative estimate of drug-likeness (QED) is 0.923. The second-order valence-corrected chi connectivity index (χ2v) is 5.50. The Morgan fingerprint density at radius 1 is 1.25 bits per heavy atom. The number of hydrogen-bond donors (Lipinski definition) is 1. The number of likely N-dealkylation sites (tertiary alicyclic amines) is 1. The maximum absolute atomic E-state index is 12.8. The van der Waals surface area contributed by atoms with Crippen LogP contribution in [0.3, 0.4) is 0 Å². The normalized spacial score (nSPS) is 25.9. The van der Waals surface area contributed by atoms with Gasteiger partial charge in [0.25, 0.3) is 0 Å². The minimum Gasteiger partial charge on any atom is -0.492 e. The minimum absolute atomic E-state index is 0. The van der Waals surface area contributed by atoms with Crippen molar-refractivity contribution in [1.29, 1.82) is 0 Å². The van der Waals surface area contributed by atoms with Crippen molar-refractivity contribution in [1.82, 2.24) is 10.2 Å². The van der Waals surface area contributed by atoms with Crippen molar-refractivity contribution in [2.45, 2.75) is 18.9 Å². The first-order valence-corrected chi connectivity index (χ1v) is 7.15. The average Bonchev–Trinajstić information content (AvgIpc) is 2.88. The van der Waals surface area contributed by atoms with E-state index in [0.717, 1.165) is 30.8 Å². The van der Waals surface area contributed by atoms with Gasteiger partial charge < -0.3 is 10.1 Å². The molecule has 1 aromatic rings. The van der Waals surface area contributed by atoms with Crippen LogP contribution in [0.15, 0.2) is 24.3 Å². The maximum Gasteiger partial charge on any atom is 0.123 e. The molecule has 0 bridgehead atoms. The third-order valence-electron chi connectivity index (χ3n) is 4.23. The summed E-state index contributed by atoms with van der Waals surface area (Å²) in [6, 6.07) is 6.98. The predicted octanol–water partition coefficient (Wildman–Crippen LogP) is 2.31. The SMILES string of the molecule is Cl.Fc1ccc(OCCN2CCC3NCCC3C2)cc1. The summed E-state index contributed by atoms with van der Waals surface area (Å²) in [6.45, 7) is 5.15. The number of rotatable bonds is 4. The zero-order valence-electron chi connectivity index (χ0n) is 11.6. The van der Waals surface area contributed by atoms with Gasteiger partial charge >= 0.3 is 0 Å². The van der Waals surface area contributed by atoms with E-state index in [-0.39, 0.29) is 18.2 Å². The third kappa shape index (κ3) is 3.84. The molecular weight excluding hydrogens is 279 g/mol. The topological polar surface area (TPSA) is 24.5 Å². The fourth-order valence-corrected chi connectivity index (χ4v) is 3.15. The number of nitrogens with zero attached hydrogens (tertiary/aromatic N) is 1. The molecule has 0 spiro atoms. The van der Waals surface area contributed by atoms with E-state index in [2.05, 4.69) is 10.2 Å². The number of fused-ring (bicyclic) bond motifs is 1. The predicted molar refractivity (Wildman–Crippen MR) is 80.1 cm³/mol. The van der Waals surface area contributed by atoms with Crippen molar-refractivity contribution >= 4 is 12.4 Å². The Bertz CT molecular complexity index is 415. The lowest BCUT2D eigenvalue weighted by atomic mass is 9.93. The molecule has 2 heterocycles. The van der Waals surface area contributed by atoms with Crippen molar-refractivity contribution in [2.24, 2.45) is 5.92 Å². The van der Waals surface area contributed by atoms with Crippen LogP contribution in [0, 0.1) is 11.7 Å². The fraction of sp³-hybridized carbons (Fsp3) is 0.600. The number of hydrogen-bond acceptors (Lipinski definition) is 3. The zero-order chi connectivity index (χ0) is 13.1. The molecule has 2 unspecified atom stereocenters. The highest BCUT2D eigenvalue weighted by Crippen LogP contribution is 2.24. The lowest BCUT2D eigenvalue weighted by Gasteiger charge is -2.34. The molecule has 0 aromatic heterocycles. The van der Waals surface area contributed by atoms with Crippen molar-refractivity contribution in [2.75, 3.05) is 32.8 Å². The Balaban J connectivity index is 0.00000147. The van der Waals surface area contributed by atoms with Gasteiger partial charge in [-0.15, -0.1) is 12.4 Å². The molecule has 0 radical (unpaired) electrons. The molecular formula is C15H22ClFN2O. The highest BCUT2D eigenvalue weighted by molar-refractivity contribution is 5.85. The van der Waals surface area contributed by atoms with Gasteiger partial charge in [0, 0.05) is 19.1 Å². The summed E-state index contributed by atoms with van der Waals surface area (Å²) in [6.07, 6.45) is 2.56. The Labute approximate surface area is 125 Å². The minimum atomic E-state index is -0.219. The van der Waals surface area contributed by atoms with Gasteiger partial charge in [-0.25, -0.2) is 4.39 Å². The average molecular weight is 301 g/mol. The molecule has 3 nitrogen and oxygen atoms in total. The lowest BCUT2D eigenvalue weighted by molar-refractivity contribution is 0.138. The molecule has 0 saturated carbocycles. The van der Waals surface area contributed by atoms with Crippen LogP contribution < -0.4 is 10.1 Å². The van der Waals surface area contributed by atoms with Crippen LogP contribution in [0.4, 0.5) is 4.39 Å². The van der Waals surface area contributed by atoms with E-state index in [9.17, 15) is 4.39 Å². The first-order chi connectivity index (χ1) is 9.31. The summed E-state index contributed by atoms with van der Waals surface area (Å²) in [5.41, 5.74) is 0. The van der Waals surface area contributed by atoms with Crippen LogP contribution in [-0.2, 0) is 0 Å². The highest BCUT2D eigenvalue weighted by Gasteiger charge is 2.32. The first-order valence-electron chi connectivity index (χ1n) is 7.15. The van der Waals surface area contributed by atoms with Gasteiger partial charge in [0.2, 0.25) is 0 Å². The third-order valence-corrected chi connectivity index (χ3v) is 4.23. The Morgan fingerprint density at radius 3 is 2.85 bits per heavy atom. The van der Waals surface area contributed by atoms with Crippen LogP contribution in [0.25, 0.3) is 0 Å².